The smallest absolute Gasteiger partial charge is 0.222 e. The molecule has 3 rings (SSSR count). The predicted molar refractivity (Wildman–Crippen MR) is 100.0 cm³/mol. The van der Waals surface area contributed by atoms with Crippen molar-refractivity contribution in [3.05, 3.63) is 60.2 Å². The number of hydrogen-bond acceptors (Lipinski definition) is 3. The Bertz CT molecular complexity index is 730. The monoisotopic (exact) mass is 355 g/mol. The second-order valence-electron chi connectivity index (χ2n) is 6.32. The standard InChI is InChI=1S/C20H21NO3S/c22-19-12-16(13-20(23)25)14-21(19)11-10-15-6-8-18(9-7-15)24-17-4-2-1-3-5-17/h1-9,16H,10-14H2,(H,23,25)/t16-/m0/s1. The summed E-state index contributed by atoms with van der Waals surface area (Å²) in [6.45, 7) is 1.33. The summed E-state index contributed by atoms with van der Waals surface area (Å²) in [6, 6.07) is 17.6. The van der Waals surface area contributed by atoms with Crippen molar-refractivity contribution in [3.8, 4) is 11.5 Å². The third-order valence-electron chi connectivity index (χ3n) is 4.33. The van der Waals surface area contributed by atoms with Gasteiger partial charge >= 0.3 is 0 Å². The Hall–Kier alpha value is -2.27. The number of rotatable bonds is 7. The fourth-order valence-corrected chi connectivity index (χ4v) is 3.32. The predicted octanol–water partition coefficient (Wildman–Crippen LogP) is 3.72. The molecule has 2 aromatic carbocycles. The molecule has 0 spiro atoms. The third kappa shape index (κ3) is 5.10. The number of thiol groups is 1. The van der Waals surface area contributed by atoms with Gasteiger partial charge in [-0.15, -0.1) is 12.6 Å². The molecule has 1 fully saturated rings. The van der Waals surface area contributed by atoms with Gasteiger partial charge in [0.2, 0.25) is 5.91 Å². The highest BCUT2D eigenvalue weighted by Crippen LogP contribution is 2.23. The number of ether oxygens (including phenoxy) is 1. The lowest BCUT2D eigenvalue weighted by atomic mass is 10.1. The van der Waals surface area contributed by atoms with Crippen LogP contribution < -0.4 is 4.74 Å². The number of para-hydroxylation sites is 1. The number of benzene rings is 2. The maximum Gasteiger partial charge on any atom is 0.222 e. The molecule has 1 atom stereocenters. The van der Waals surface area contributed by atoms with Crippen LogP contribution >= 0.6 is 12.6 Å². The number of amides is 1. The average Bonchev–Trinajstić information content (AvgIpc) is 2.94. The van der Waals surface area contributed by atoms with E-state index in [1.54, 1.807) is 0 Å². The summed E-state index contributed by atoms with van der Waals surface area (Å²) in [6.07, 6.45) is 1.62. The lowest BCUT2D eigenvalue weighted by Gasteiger charge is -2.16. The first-order valence-electron chi connectivity index (χ1n) is 8.41. The van der Waals surface area contributed by atoms with Gasteiger partial charge in [-0.05, 0) is 42.2 Å². The molecule has 0 saturated carbocycles. The number of carbonyl (C=O) groups excluding carboxylic acids is 2. The van der Waals surface area contributed by atoms with Crippen molar-refractivity contribution in [1.29, 1.82) is 0 Å². The van der Waals surface area contributed by atoms with Crippen molar-refractivity contribution in [2.45, 2.75) is 19.3 Å². The quantitative estimate of drug-likeness (QED) is 0.770. The first kappa shape index (κ1) is 17.5. The van der Waals surface area contributed by atoms with Crippen LogP contribution in [-0.2, 0) is 16.0 Å². The molecule has 0 aliphatic carbocycles. The van der Waals surface area contributed by atoms with E-state index in [1.807, 2.05) is 59.5 Å². The highest BCUT2D eigenvalue weighted by Gasteiger charge is 2.29. The van der Waals surface area contributed by atoms with Crippen molar-refractivity contribution in [3.63, 3.8) is 0 Å². The summed E-state index contributed by atoms with van der Waals surface area (Å²) < 4.78 is 5.78. The molecule has 1 amide bonds. The topological polar surface area (TPSA) is 46.6 Å². The fraction of sp³-hybridized carbons (Fsp3) is 0.300. The highest BCUT2D eigenvalue weighted by molar-refractivity contribution is 7.96. The molecule has 0 bridgehead atoms. The first-order chi connectivity index (χ1) is 12.1. The molecular formula is C20H21NO3S. The van der Waals surface area contributed by atoms with E-state index in [4.69, 9.17) is 4.74 Å². The van der Waals surface area contributed by atoms with Gasteiger partial charge in [-0.1, -0.05) is 30.3 Å². The number of hydrogen-bond donors (Lipinski definition) is 1. The van der Waals surface area contributed by atoms with Crippen LogP contribution in [0.3, 0.4) is 0 Å². The molecule has 0 radical (unpaired) electrons. The Morgan fingerprint density at radius 2 is 1.76 bits per heavy atom. The van der Waals surface area contributed by atoms with E-state index in [9.17, 15) is 9.59 Å². The number of likely N-dealkylation sites (tertiary alicyclic amines) is 1. The zero-order chi connectivity index (χ0) is 17.6. The molecule has 0 N–H and O–H groups in total. The van der Waals surface area contributed by atoms with Crippen LogP contribution in [0.5, 0.6) is 11.5 Å². The van der Waals surface area contributed by atoms with Gasteiger partial charge in [-0.3, -0.25) is 9.59 Å². The Morgan fingerprint density at radius 3 is 2.44 bits per heavy atom. The van der Waals surface area contributed by atoms with Gasteiger partial charge in [0.1, 0.15) is 11.5 Å². The van der Waals surface area contributed by atoms with Crippen molar-refractivity contribution < 1.29 is 14.3 Å². The second-order valence-corrected chi connectivity index (χ2v) is 6.82. The van der Waals surface area contributed by atoms with Crippen molar-refractivity contribution in [2.75, 3.05) is 13.1 Å². The summed E-state index contributed by atoms with van der Waals surface area (Å²) in [4.78, 5) is 24.9. The molecule has 5 heteroatoms. The molecule has 25 heavy (non-hydrogen) atoms. The average molecular weight is 355 g/mol. The zero-order valence-electron chi connectivity index (χ0n) is 13.9. The zero-order valence-corrected chi connectivity index (χ0v) is 14.8. The SMILES string of the molecule is O=C(S)C[C@@H]1CC(=O)N(CCc2ccc(Oc3ccccc3)cc2)C1. The summed E-state index contributed by atoms with van der Waals surface area (Å²) in [7, 11) is 0. The van der Waals surface area contributed by atoms with E-state index in [-0.39, 0.29) is 16.9 Å². The maximum atomic E-state index is 12.0. The van der Waals surface area contributed by atoms with Crippen LogP contribution in [0, 0.1) is 5.92 Å². The maximum absolute atomic E-state index is 12.0. The number of carbonyl (C=O) groups is 2. The molecule has 0 unspecified atom stereocenters. The largest absolute Gasteiger partial charge is 0.457 e. The van der Waals surface area contributed by atoms with Crippen molar-refractivity contribution in [1.82, 2.24) is 4.90 Å². The Morgan fingerprint density at radius 1 is 1.08 bits per heavy atom. The first-order valence-corrected chi connectivity index (χ1v) is 8.86. The summed E-state index contributed by atoms with van der Waals surface area (Å²) >= 11 is 3.81. The van der Waals surface area contributed by atoms with E-state index in [0.29, 0.717) is 25.9 Å². The fourth-order valence-electron chi connectivity index (χ4n) is 3.07. The minimum atomic E-state index is -0.145. The van der Waals surface area contributed by atoms with Gasteiger partial charge < -0.3 is 9.64 Å². The molecule has 4 nitrogen and oxygen atoms in total. The van der Waals surface area contributed by atoms with Crippen molar-refractivity contribution >= 4 is 23.7 Å². The summed E-state index contributed by atoms with van der Waals surface area (Å²) in [5, 5.41) is -0.145. The molecule has 1 aliphatic rings. The summed E-state index contributed by atoms with van der Waals surface area (Å²) in [5.41, 5.74) is 1.15. The van der Waals surface area contributed by atoms with Crippen LogP contribution in [0.1, 0.15) is 18.4 Å². The minimum absolute atomic E-state index is 0.110. The van der Waals surface area contributed by atoms with Crippen molar-refractivity contribution in [2.24, 2.45) is 5.92 Å². The molecule has 2 aromatic rings. The molecule has 0 aromatic heterocycles. The van der Waals surface area contributed by atoms with Crippen LogP contribution in [0.2, 0.25) is 0 Å². The van der Waals surface area contributed by atoms with E-state index in [0.717, 1.165) is 23.5 Å². The van der Waals surface area contributed by atoms with Gasteiger partial charge in [0.25, 0.3) is 0 Å². The molecular weight excluding hydrogens is 334 g/mol. The van der Waals surface area contributed by atoms with Gasteiger partial charge in [-0.25, -0.2) is 0 Å². The normalized spacial score (nSPS) is 16.9. The van der Waals surface area contributed by atoms with E-state index in [1.165, 1.54) is 0 Å². The lowest BCUT2D eigenvalue weighted by Crippen LogP contribution is -2.27. The van der Waals surface area contributed by atoms with Gasteiger partial charge in [0.15, 0.2) is 5.12 Å². The Labute approximate surface area is 153 Å². The van der Waals surface area contributed by atoms with Crippen LogP contribution in [0.25, 0.3) is 0 Å². The second kappa shape index (κ2) is 8.21. The molecule has 1 saturated heterocycles. The Balaban J connectivity index is 1.50. The van der Waals surface area contributed by atoms with E-state index >= 15 is 0 Å². The minimum Gasteiger partial charge on any atom is -0.457 e. The van der Waals surface area contributed by atoms with Crippen LogP contribution in [-0.4, -0.2) is 29.0 Å². The third-order valence-corrected chi connectivity index (χ3v) is 4.51. The van der Waals surface area contributed by atoms with Gasteiger partial charge in [0, 0.05) is 25.9 Å². The van der Waals surface area contributed by atoms with Gasteiger partial charge in [-0.2, -0.15) is 0 Å². The molecule has 130 valence electrons. The summed E-state index contributed by atoms with van der Waals surface area (Å²) in [5.74, 6) is 1.84. The van der Waals surface area contributed by atoms with E-state index < -0.39 is 0 Å². The number of nitrogens with zero attached hydrogens (tertiary/aromatic N) is 1. The van der Waals surface area contributed by atoms with E-state index in [2.05, 4.69) is 12.6 Å². The lowest BCUT2D eigenvalue weighted by molar-refractivity contribution is -0.127. The van der Waals surface area contributed by atoms with Gasteiger partial charge in [0.05, 0.1) is 0 Å². The highest BCUT2D eigenvalue weighted by atomic mass is 32.1. The van der Waals surface area contributed by atoms with Crippen LogP contribution in [0.4, 0.5) is 0 Å². The Kier molecular flexibility index (Phi) is 5.76. The molecule has 1 aliphatic heterocycles. The molecule has 1 heterocycles. The van der Waals surface area contributed by atoms with Crippen LogP contribution in [0.15, 0.2) is 54.6 Å².